The van der Waals surface area contributed by atoms with E-state index in [1.165, 1.54) is 6.42 Å². The van der Waals surface area contributed by atoms with Gasteiger partial charge in [0.1, 0.15) is 0 Å². The quantitative estimate of drug-likeness (QED) is 0.616. The van der Waals surface area contributed by atoms with Crippen LogP contribution in [0.2, 0.25) is 0 Å². The first kappa shape index (κ1) is 19.6. The van der Waals surface area contributed by atoms with Gasteiger partial charge in [-0.2, -0.15) is 0 Å². The molecule has 0 saturated carbocycles. The summed E-state index contributed by atoms with van der Waals surface area (Å²) in [6, 6.07) is 11.0. The van der Waals surface area contributed by atoms with Crippen molar-refractivity contribution in [3.63, 3.8) is 0 Å². The summed E-state index contributed by atoms with van der Waals surface area (Å²) >= 11 is 3.45. The molecule has 1 aliphatic heterocycles. The van der Waals surface area contributed by atoms with E-state index in [0.717, 1.165) is 47.1 Å². The molecule has 1 aliphatic rings. The number of rotatable bonds is 3. The van der Waals surface area contributed by atoms with E-state index in [4.69, 9.17) is 0 Å². The van der Waals surface area contributed by atoms with Crippen molar-refractivity contribution in [1.29, 1.82) is 0 Å². The number of benzene rings is 2. The fourth-order valence-corrected chi connectivity index (χ4v) is 4.25. The number of hydrogen-bond donors (Lipinski definition) is 2. The number of anilines is 3. The Kier molecular flexibility index (Phi) is 5.36. The SMILES string of the molecule is Cn1c(=O)n(C)c2cc(N3CCCCC3)c(NC(=O)Nc3ccccc3Br)cc21. The Labute approximate surface area is 177 Å². The standard InChI is InChI=1S/C21H24BrN5O2/c1-25-18-12-16(24-20(28)23-15-9-5-4-8-14(15)22)17(27-10-6-3-7-11-27)13-19(18)26(2)21(25)29/h4-5,8-9,12-13H,3,6-7,10-11H2,1-2H3,(H2,23,24,28). The highest BCUT2D eigenvalue weighted by Gasteiger charge is 2.20. The van der Waals surface area contributed by atoms with E-state index in [2.05, 4.69) is 31.5 Å². The van der Waals surface area contributed by atoms with Crippen LogP contribution in [0.5, 0.6) is 0 Å². The molecule has 4 rings (SSSR count). The van der Waals surface area contributed by atoms with Gasteiger partial charge in [-0.3, -0.25) is 9.13 Å². The van der Waals surface area contributed by atoms with Crippen molar-refractivity contribution in [3.8, 4) is 0 Å². The topological polar surface area (TPSA) is 71.3 Å². The smallest absolute Gasteiger partial charge is 0.328 e. The second-order valence-electron chi connectivity index (χ2n) is 7.37. The highest BCUT2D eigenvalue weighted by Crippen LogP contribution is 2.33. The predicted octanol–water partition coefficient (Wildman–Crippen LogP) is 4.27. The minimum Gasteiger partial charge on any atom is -0.370 e. The Hall–Kier alpha value is -2.74. The maximum atomic E-state index is 12.7. The first-order valence-corrected chi connectivity index (χ1v) is 10.5. The number of piperidine rings is 1. The second-order valence-corrected chi connectivity index (χ2v) is 8.22. The molecule has 2 amide bonds. The van der Waals surface area contributed by atoms with E-state index in [1.807, 2.05) is 36.4 Å². The molecule has 1 saturated heterocycles. The normalized spacial score (nSPS) is 14.2. The minimum atomic E-state index is -0.324. The summed E-state index contributed by atoms with van der Waals surface area (Å²) in [6.07, 6.45) is 3.45. The number of amides is 2. The number of aromatic nitrogens is 2. The summed E-state index contributed by atoms with van der Waals surface area (Å²) in [4.78, 5) is 27.4. The van der Waals surface area contributed by atoms with Gasteiger partial charge in [0, 0.05) is 31.7 Å². The van der Waals surface area contributed by atoms with Gasteiger partial charge >= 0.3 is 11.7 Å². The Morgan fingerprint density at radius 3 is 2.24 bits per heavy atom. The third-order valence-electron chi connectivity index (χ3n) is 5.46. The van der Waals surface area contributed by atoms with E-state index in [1.54, 1.807) is 23.2 Å². The van der Waals surface area contributed by atoms with Crippen molar-refractivity contribution in [1.82, 2.24) is 9.13 Å². The van der Waals surface area contributed by atoms with Gasteiger partial charge in [-0.05, 0) is 59.5 Å². The fraction of sp³-hybridized carbons (Fsp3) is 0.333. The lowest BCUT2D eigenvalue weighted by molar-refractivity contribution is 0.262. The predicted molar refractivity (Wildman–Crippen MR) is 121 cm³/mol. The lowest BCUT2D eigenvalue weighted by Gasteiger charge is -2.30. The number of para-hydroxylation sites is 1. The Morgan fingerprint density at radius 2 is 1.55 bits per heavy atom. The number of urea groups is 1. The molecule has 3 aromatic rings. The molecular formula is C21H24BrN5O2. The Bertz CT molecular complexity index is 1130. The monoisotopic (exact) mass is 457 g/mol. The minimum absolute atomic E-state index is 0.0839. The van der Waals surface area contributed by atoms with Crippen LogP contribution < -0.4 is 21.2 Å². The third-order valence-corrected chi connectivity index (χ3v) is 6.15. The van der Waals surface area contributed by atoms with Crippen LogP contribution in [0.15, 0.2) is 45.7 Å². The first-order valence-electron chi connectivity index (χ1n) is 9.72. The third kappa shape index (κ3) is 3.76. The number of hydrogen-bond acceptors (Lipinski definition) is 3. The summed E-state index contributed by atoms with van der Waals surface area (Å²) < 4.78 is 4.06. The van der Waals surface area contributed by atoms with Gasteiger partial charge in [-0.15, -0.1) is 0 Å². The molecule has 0 aliphatic carbocycles. The number of fused-ring (bicyclic) bond motifs is 1. The molecule has 29 heavy (non-hydrogen) atoms. The molecular weight excluding hydrogens is 434 g/mol. The number of carbonyl (C=O) groups is 1. The molecule has 0 atom stereocenters. The van der Waals surface area contributed by atoms with Gasteiger partial charge < -0.3 is 15.5 Å². The summed E-state index contributed by atoms with van der Waals surface area (Å²) in [5, 5.41) is 5.87. The second kappa shape index (κ2) is 7.94. The summed E-state index contributed by atoms with van der Waals surface area (Å²) in [6.45, 7) is 1.87. The average molecular weight is 458 g/mol. The zero-order chi connectivity index (χ0) is 20.5. The molecule has 0 unspecified atom stereocenters. The van der Waals surface area contributed by atoms with Crippen LogP contribution in [-0.2, 0) is 14.1 Å². The lowest BCUT2D eigenvalue weighted by Crippen LogP contribution is -2.31. The Balaban J connectivity index is 1.72. The van der Waals surface area contributed by atoms with Crippen molar-refractivity contribution in [2.45, 2.75) is 19.3 Å². The molecule has 2 N–H and O–H groups in total. The molecule has 2 aromatic carbocycles. The summed E-state index contributed by atoms with van der Waals surface area (Å²) in [5.74, 6) is 0. The van der Waals surface area contributed by atoms with Gasteiger partial charge in [0.25, 0.3) is 0 Å². The largest absolute Gasteiger partial charge is 0.370 e. The highest BCUT2D eigenvalue weighted by atomic mass is 79.9. The average Bonchev–Trinajstić information content (AvgIpc) is 2.93. The van der Waals surface area contributed by atoms with Crippen LogP contribution in [0.25, 0.3) is 11.0 Å². The molecule has 2 heterocycles. The number of halogens is 1. The number of carbonyl (C=O) groups excluding carboxylic acids is 1. The maximum Gasteiger partial charge on any atom is 0.328 e. The zero-order valence-corrected chi connectivity index (χ0v) is 18.1. The zero-order valence-electron chi connectivity index (χ0n) is 16.5. The van der Waals surface area contributed by atoms with Crippen LogP contribution in [0.3, 0.4) is 0 Å². The number of nitrogens with zero attached hydrogens (tertiary/aromatic N) is 3. The molecule has 0 radical (unpaired) electrons. The van der Waals surface area contributed by atoms with E-state index in [9.17, 15) is 9.59 Å². The van der Waals surface area contributed by atoms with Gasteiger partial charge in [-0.25, -0.2) is 9.59 Å². The van der Waals surface area contributed by atoms with Gasteiger partial charge in [0.2, 0.25) is 0 Å². The van der Waals surface area contributed by atoms with Crippen LogP contribution in [0.4, 0.5) is 21.9 Å². The summed E-state index contributed by atoms with van der Waals surface area (Å²) in [5.41, 5.74) is 3.90. The lowest BCUT2D eigenvalue weighted by atomic mass is 10.1. The first-order chi connectivity index (χ1) is 14.0. The van der Waals surface area contributed by atoms with Crippen molar-refractivity contribution in [3.05, 3.63) is 51.4 Å². The van der Waals surface area contributed by atoms with Crippen molar-refractivity contribution < 1.29 is 4.79 Å². The fourth-order valence-electron chi connectivity index (χ4n) is 3.87. The van der Waals surface area contributed by atoms with E-state index in [0.29, 0.717) is 11.4 Å². The molecule has 1 aromatic heterocycles. The molecule has 1 fully saturated rings. The van der Waals surface area contributed by atoms with E-state index < -0.39 is 0 Å². The molecule has 152 valence electrons. The van der Waals surface area contributed by atoms with Gasteiger partial charge in [0.05, 0.1) is 28.1 Å². The maximum absolute atomic E-state index is 12.7. The van der Waals surface area contributed by atoms with Crippen molar-refractivity contribution in [2.75, 3.05) is 28.6 Å². The molecule has 0 bridgehead atoms. The highest BCUT2D eigenvalue weighted by molar-refractivity contribution is 9.10. The van der Waals surface area contributed by atoms with Gasteiger partial charge in [-0.1, -0.05) is 12.1 Å². The molecule has 8 heteroatoms. The van der Waals surface area contributed by atoms with E-state index in [-0.39, 0.29) is 11.7 Å². The van der Waals surface area contributed by atoms with Crippen LogP contribution in [-0.4, -0.2) is 28.3 Å². The van der Waals surface area contributed by atoms with Crippen LogP contribution in [0.1, 0.15) is 19.3 Å². The van der Waals surface area contributed by atoms with Crippen LogP contribution >= 0.6 is 15.9 Å². The van der Waals surface area contributed by atoms with Crippen molar-refractivity contribution >= 4 is 50.1 Å². The Morgan fingerprint density at radius 1 is 0.931 bits per heavy atom. The number of nitrogens with one attached hydrogen (secondary N) is 2. The summed E-state index contributed by atoms with van der Waals surface area (Å²) in [7, 11) is 3.52. The van der Waals surface area contributed by atoms with Crippen molar-refractivity contribution in [2.24, 2.45) is 14.1 Å². The molecule has 7 nitrogen and oxygen atoms in total. The van der Waals surface area contributed by atoms with E-state index >= 15 is 0 Å². The van der Waals surface area contributed by atoms with Gasteiger partial charge in [0.15, 0.2) is 0 Å². The number of aryl methyl sites for hydroxylation is 2. The van der Waals surface area contributed by atoms with Crippen LogP contribution in [0, 0.1) is 0 Å². The molecule has 0 spiro atoms. The number of imidazole rings is 1.